The Labute approximate surface area is 138 Å². The summed E-state index contributed by atoms with van der Waals surface area (Å²) in [5.74, 6) is 0.944. The number of hydrogen-bond acceptors (Lipinski definition) is 4. The molecule has 2 N–H and O–H groups in total. The third-order valence-electron chi connectivity index (χ3n) is 4.58. The molecule has 0 saturated heterocycles. The highest BCUT2D eigenvalue weighted by Crippen LogP contribution is 2.42. The predicted octanol–water partition coefficient (Wildman–Crippen LogP) is 1.86. The van der Waals surface area contributed by atoms with Gasteiger partial charge in [0.25, 0.3) is 0 Å². The topological polar surface area (TPSA) is 59.6 Å². The first-order chi connectivity index (χ1) is 11.2. The molecule has 1 saturated carbocycles. The van der Waals surface area contributed by atoms with Gasteiger partial charge in [-0.1, -0.05) is 25.0 Å². The lowest BCUT2D eigenvalue weighted by atomic mass is 9.78. The zero-order valence-electron chi connectivity index (χ0n) is 14.2. The molecule has 5 heteroatoms. The molecule has 5 nitrogen and oxygen atoms in total. The Morgan fingerprint density at radius 1 is 1.17 bits per heavy atom. The SMILES string of the molecule is COCCNCCNC(=O)C1(c2cccc(OC)c2)CCCC1. The van der Waals surface area contributed by atoms with Gasteiger partial charge in [0.1, 0.15) is 5.75 Å². The lowest BCUT2D eigenvalue weighted by Crippen LogP contribution is -2.44. The molecule has 128 valence electrons. The molecule has 1 aliphatic rings. The molecule has 0 bridgehead atoms. The Morgan fingerprint density at radius 3 is 2.65 bits per heavy atom. The van der Waals surface area contributed by atoms with Crippen molar-refractivity contribution in [2.24, 2.45) is 0 Å². The highest BCUT2D eigenvalue weighted by atomic mass is 16.5. The lowest BCUT2D eigenvalue weighted by molar-refractivity contribution is -0.126. The largest absolute Gasteiger partial charge is 0.497 e. The monoisotopic (exact) mass is 320 g/mol. The molecule has 1 aromatic rings. The third kappa shape index (κ3) is 4.45. The van der Waals surface area contributed by atoms with Gasteiger partial charge >= 0.3 is 0 Å². The van der Waals surface area contributed by atoms with Crippen molar-refractivity contribution >= 4 is 5.91 Å². The minimum absolute atomic E-state index is 0.136. The van der Waals surface area contributed by atoms with Gasteiger partial charge in [-0.25, -0.2) is 0 Å². The molecule has 0 atom stereocenters. The van der Waals surface area contributed by atoms with Crippen molar-refractivity contribution in [1.82, 2.24) is 10.6 Å². The van der Waals surface area contributed by atoms with Crippen LogP contribution in [0.1, 0.15) is 31.2 Å². The van der Waals surface area contributed by atoms with Crippen LogP contribution in [0.5, 0.6) is 5.75 Å². The standard InChI is InChI=1S/C18H28N2O3/c1-22-13-12-19-10-11-20-17(21)18(8-3-4-9-18)15-6-5-7-16(14-15)23-2/h5-7,14,19H,3-4,8-13H2,1-2H3,(H,20,21). The third-order valence-corrected chi connectivity index (χ3v) is 4.58. The lowest BCUT2D eigenvalue weighted by Gasteiger charge is -2.28. The van der Waals surface area contributed by atoms with E-state index < -0.39 is 5.41 Å². The molecule has 1 amide bonds. The van der Waals surface area contributed by atoms with Crippen LogP contribution in [-0.4, -0.2) is 46.4 Å². The van der Waals surface area contributed by atoms with E-state index in [1.54, 1.807) is 14.2 Å². The Hall–Kier alpha value is -1.59. The van der Waals surface area contributed by atoms with E-state index in [-0.39, 0.29) is 5.91 Å². The second kappa shape index (κ2) is 8.89. The van der Waals surface area contributed by atoms with Gasteiger partial charge in [0.2, 0.25) is 5.91 Å². The Bertz CT molecular complexity index is 499. The molecule has 0 heterocycles. The fourth-order valence-corrected chi connectivity index (χ4v) is 3.28. The fourth-order valence-electron chi connectivity index (χ4n) is 3.28. The molecule has 0 aromatic heterocycles. The molecule has 0 spiro atoms. The highest BCUT2D eigenvalue weighted by molar-refractivity contribution is 5.88. The summed E-state index contributed by atoms with van der Waals surface area (Å²) in [5, 5.41) is 6.34. The van der Waals surface area contributed by atoms with Crippen molar-refractivity contribution in [2.45, 2.75) is 31.1 Å². The number of nitrogens with one attached hydrogen (secondary N) is 2. The van der Waals surface area contributed by atoms with Gasteiger partial charge in [0.05, 0.1) is 19.1 Å². The van der Waals surface area contributed by atoms with Crippen LogP contribution in [0.4, 0.5) is 0 Å². The van der Waals surface area contributed by atoms with E-state index in [2.05, 4.69) is 10.6 Å². The van der Waals surface area contributed by atoms with Crippen molar-refractivity contribution in [2.75, 3.05) is 40.5 Å². The van der Waals surface area contributed by atoms with E-state index in [4.69, 9.17) is 9.47 Å². The summed E-state index contributed by atoms with van der Waals surface area (Å²) in [4.78, 5) is 12.9. The maximum absolute atomic E-state index is 12.9. The summed E-state index contributed by atoms with van der Waals surface area (Å²) in [5.41, 5.74) is 0.667. The number of hydrogen-bond donors (Lipinski definition) is 2. The van der Waals surface area contributed by atoms with Crippen LogP contribution in [0.15, 0.2) is 24.3 Å². The van der Waals surface area contributed by atoms with Crippen LogP contribution in [0.3, 0.4) is 0 Å². The van der Waals surface area contributed by atoms with Crippen LogP contribution in [0.25, 0.3) is 0 Å². The number of carbonyl (C=O) groups excluding carboxylic acids is 1. The second-order valence-electron chi connectivity index (χ2n) is 6.02. The van der Waals surface area contributed by atoms with Crippen LogP contribution in [0, 0.1) is 0 Å². The van der Waals surface area contributed by atoms with Crippen LogP contribution in [-0.2, 0) is 14.9 Å². The molecule has 2 rings (SSSR count). The Balaban J connectivity index is 1.98. The zero-order valence-corrected chi connectivity index (χ0v) is 14.2. The molecule has 0 unspecified atom stereocenters. The maximum atomic E-state index is 12.9. The van der Waals surface area contributed by atoms with E-state index in [1.165, 1.54) is 0 Å². The fraction of sp³-hybridized carbons (Fsp3) is 0.611. The van der Waals surface area contributed by atoms with Gasteiger partial charge in [-0.05, 0) is 30.5 Å². The molecular weight excluding hydrogens is 292 g/mol. The Morgan fingerprint density at radius 2 is 1.96 bits per heavy atom. The van der Waals surface area contributed by atoms with Crippen molar-refractivity contribution < 1.29 is 14.3 Å². The minimum atomic E-state index is -0.402. The van der Waals surface area contributed by atoms with Crippen LogP contribution < -0.4 is 15.4 Å². The quantitative estimate of drug-likeness (QED) is 0.682. The predicted molar refractivity (Wildman–Crippen MR) is 90.9 cm³/mol. The summed E-state index contributed by atoms with van der Waals surface area (Å²) < 4.78 is 10.3. The summed E-state index contributed by atoms with van der Waals surface area (Å²) in [6, 6.07) is 7.93. The molecule has 0 radical (unpaired) electrons. The second-order valence-corrected chi connectivity index (χ2v) is 6.02. The van der Waals surface area contributed by atoms with Crippen LogP contribution >= 0.6 is 0 Å². The van der Waals surface area contributed by atoms with Crippen molar-refractivity contribution in [3.63, 3.8) is 0 Å². The summed E-state index contributed by atoms with van der Waals surface area (Å²) in [7, 11) is 3.34. The summed E-state index contributed by atoms with van der Waals surface area (Å²) in [6.45, 7) is 2.87. The van der Waals surface area contributed by atoms with E-state index in [1.807, 2.05) is 24.3 Å². The van der Waals surface area contributed by atoms with E-state index >= 15 is 0 Å². The number of benzene rings is 1. The normalized spacial score (nSPS) is 16.3. The molecule has 23 heavy (non-hydrogen) atoms. The number of ether oxygens (including phenoxy) is 2. The average molecular weight is 320 g/mol. The average Bonchev–Trinajstić information content (AvgIpc) is 3.09. The van der Waals surface area contributed by atoms with Crippen molar-refractivity contribution in [3.05, 3.63) is 29.8 Å². The van der Waals surface area contributed by atoms with Crippen molar-refractivity contribution in [3.8, 4) is 5.75 Å². The number of rotatable bonds is 9. The van der Waals surface area contributed by atoms with Gasteiger partial charge in [0, 0.05) is 26.7 Å². The summed E-state index contributed by atoms with van der Waals surface area (Å²) in [6.07, 6.45) is 4.00. The number of methoxy groups -OCH3 is 2. The molecule has 1 aliphatic carbocycles. The molecular formula is C18H28N2O3. The maximum Gasteiger partial charge on any atom is 0.230 e. The Kier molecular flexibility index (Phi) is 6.86. The van der Waals surface area contributed by atoms with E-state index in [0.29, 0.717) is 13.2 Å². The summed E-state index contributed by atoms with van der Waals surface area (Å²) >= 11 is 0. The van der Waals surface area contributed by atoms with E-state index in [0.717, 1.165) is 50.1 Å². The zero-order chi connectivity index (χ0) is 16.5. The first-order valence-electron chi connectivity index (χ1n) is 8.35. The molecule has 1 fully saturated rings. The van der Waals surface area contributed by atoms with Gasteiger partial charge in [-0.15, -0.1) is 0 Å². The van der Waals surface area contributed by atoms with Gasteiger partial charge in [0.15, 0.2) is 0 Å². The molecule has 0 aliphatic heterocycles. The number of carbonyl (C=O) groups is 1. The van der Waals surface area contributed by atoms with Crippen LogP contribution in [0.2, 0.25) is 0 Å². The number of amides is 1. The first kappa shape index (κ1) is 17.8. The van der Waals surface area contributed by atoms with Crippen molar-refractivity contribution in [1.29, 1.82) is 0 Å². The van der Waals surface area contributed by atoms with Gasteiger partial charge in [-0.2, -0.15) is 0 Å². The highest BCUT2D eigenvalue weighted by Gasteiger charge is 2.42. The minimum Gasteiger partial charge on any atom is -0.497 e. The van der Waals surface area contributed by atoms with Gasteiger partial charge < -0.3 is 20.1 Å². The first-order valence-corrected chi connectivity index (χ1v) is 8.35. The molecule has 1 aromatic carbocycles. The van der Waals surface area contributed by atoms with E-state index in [9.17, 15) is 4.79 Å². The smallest absolute Gasteiger partial charge is 0.230 e. The van der Waals surface area contributed by atoms with Gasteiger partial charge in [-0.3, -0.25) is 4.79 Å².